The summed E-state index contributed by atoms with van der Waals surface area (Å²) in [5, 5.41) is 2.97. The lowest BCUT2D eigenvalue weighted by Gasteiger charge is -2.34. The molecule has 0 spiro atoms. The van der Waals surface area contributed by atoms with E-state index in [-0.39, 0.29) is 5.91 Å². The molecule has 6 nitrogen and oxygen atoms in total. The number of anilines is 1. The van der Waals surface area contributed by atoms with Crippen molar-refractivity contribution < 1.29 is 13.2 Å². The average Bonchev–Trinajstić information content (AvgIpc) is 2.56. The summed E-state index contributed by atoms with van der Waals surface area (Å²) >= 11 is 0. The highest BCUT2D eigenvalue weighted by atomic mass is 32.2. The van der Waals surface area contributed by atoms with Gasteiger partial charge in [-0.3, -0.25) is 9.10 Å². The number of amides is 1. The first-order valence-corrected chi connectivity index (χ1v) is 11.5. The Labute approximate surface area is 164 Å². The highest BCUT2D eigenvalue weighted by Crippen LogP contribution is 2.24. The van der Waals surface area contributed by atoms with Crippen molar-refractivity contribution in [3.63, 3.8) is 0 Å². The van der Waals surface area contributed by atoms with Gasteiger partial charge < -0.3 is 10.2 Å². The van der Waals surface area contributed by atoms with Gasteiger partial charge in [0.15, 0.2) is 0 Å². The molecule has 1 amide bonds. The van der Waals surface area contributed by atoms with Crippen LogP contribution in [0, 0.1) is 18.8 Å². The molecule has 0 bridgehead atoms. The van der Waals surface area contributed by atoms with Crippen molar-refractivity contribution in [1.82, 2.24) is 10.2 Å². The first-order valence-electron chi connectivity index (χ1n) is 9.63. The van der Waals surface area contributed by atoms with Crippen molar-refractivity contribution in [2.45, 2.75) is 33.6 Å². The fourth-order valence-electron chi connectivity index (χ4n) is 3.96. The molecule has 1 aliphatic rings. The molecule has 1 heterocycles. The van der Waals surface area contributed by atoms with E-state index >= 15 is 0 Å². The van der Waals surface area contributed by atoms with Crippen LogP contribution in [0.4, 0.5) is 5.69 Å². The van der Waals surface area contributed by atoms with Crippen LogP contribution in [0.5, 0.6) is 0 Å². The molecule has 1 aliphatic heterocycles. The van der Waals surface area contributed by atoms with Crippen molar-refractivity contribution in [1.29, 1.82) is 0 Å². The molecule has 0 aliphatic carbocycles. The molecule has 2 rings (SSSR count). The van der Waals surface area contributed by atoms with E-state index in [2.05, 4.69) is 24.1 Å². The predicted octanol–water partition coefficient (Wildman–Crippen LogP) is 2.49. The summed E-state index contributed by atoms with van der Waals surface area (Å²) in [6, 6.07) is 5.17. The van der Waals surface area contributed by atoms with Gasteiger partial charge in [0.2, 0.25) is 10.0 Å². The molecular weight excluding hydrogens is 362 g/mol. The van der Waals surface area contributed by atoms with Gasteiger partial charge in [-0.2, -0.15) is 0 Å². The van der Waals surface area contributed by atoms with Crippen LogP contribution in [0.2, 0.25) is 0 Å². The van der Waals surface area contributed by atoms with Gasteiger partial charge in [-0.1, -0.05) is 19.9 Å². The van der Waals surface area contributed by atoms with Gasteiger partial charge in [0, 0.05) is 32.2 Å². The average molecular weight is 396 g/mol. The van der Waals surface area contributed by atoms with Gasteiger partial charge in [0.1, 0.15) is 0 Å². The number of rotatable bonds is 7. The van der Waals surface area contributed by atoms with E-state index in [1.807, 2.05) is 0 Å². The fourth-order valence-corrected chi connectivity index (χ4v) is 4.52. The lowest BCUT2D eigenvalue weighted by Crippen LogP contribution is -2.40. The predicted molar refractivity (Wildman–Crippen MR) is 111 cm³/mol. The lowest BCUT2D eigenvalue weighted by atomic mass is 9.92. The summed E-state index contributed by atoms with van der Waals surface area (Å²) in [6.07, 6.45) is 3.36. The van der Waals surface area contributed by atoms with Crippen molar-refractivity contribution in [2.24, 2.45) is 11.8 Å². The summed E-state index contributed by atoms with van der Waals surface area (Å²) < 4.78 is 24.8. The number of carbonyl (C=O) groups excluding carboxylic acids is 1. The van der Waals surface area contributed by atoms with Crippen LogP contribution < -0.4 is 9.62 Å². The van der Waals surface area contributed by atoms with E-state index in [4.69, 9.17) is 0 Å². The molecule has 0 aromatic heterocycles. The molecule has 152 valence electrons. The molecule has 2 atom stereocenters. The molecule has 0 radical (unpaired) electrons. The van der Waals surface area contributed by atoms with E-state index < -0.39 is 10.0 Å². The molecule has 0 unspecified atom stereocenters. The topological polar surface area (TPSA) is 69.7 Å². The Morgan fingerprint density at radius 1 is 1.26 bits per heavy atom. The van der Waals surface area contributed by atoms with Crippen molar-refractivity contribution in [2.75, 3.05) is 43.8 Å². The van der Waals surface area contributed by atoms with Crippen molar-refractivity contribution in [3.05, 3.63) is 29.3 Å². The van der Waals surface area contributed by atoms with Gasteiger partial charge in [-0.25, -0.2) is 8.42 Å². The zero-order chi connectivity index (χ0) is 20.2. The smallest absolute Gasteiger partial charge is 0.251 e. The van der Waals surface area contributed by atoms with Crippen LogP contribution in [0.25, 0.3) is 0 Å². The molecule has 1 aromatic rings. The molecule has 1 aromatic carbocycles. The number of hydrogen-bond acceptors (Lipinski definition) is 4. The number of carbonyl (C=O) groups is 1. The zero-order valence-corrected chi connectivity index (χ0v) is 18.0. The maximum atomic E-state index is 12.6. The number of likely N-dealkylation sites (tertiary alicyclic amines) is 1. The molecule has 27 heavy (non-hydrogen) atoms. The second-order valence-electron chi connectivity index (χ2n) is 8.00. The monoisotopic (exact) mass is 395 g/mol. The van der Waals surface area contributed by atoms with Crippen LogP contribution in [0.3, 0.4) is 0 Å². The van der Waals surface area contributed by atoms with Gasteiger partial charge in [0.05, 0.1) is 11.9 Å². The highest BCUT2D eigenvalue weighted by molar-refractivity contribution is 7.92. The maximum absolute atomic E-state index is 12.6. The molecular formula is C20H33N3O3S. The molecule has 7 heteroatoms. The first-order chi connectivity index (χ1) is 12.6. The highest BCUT2D eigenvalue weighted by Gasteiger charge is 2.21. The third-order valence-corrected chi connectivity index (χ3v) is 6.46. The number of piperidine rings is 1. The molecule has 1 fully saturated rings. The SMILES string of the molecule is Cc1c(C(=O)NCCCN2C[C@@H](C)C[C@H](C)C2)cccc1N(C)S(C)(=O)=O. The third-order valence-electron chi connectivity index (χ3n) is 5.27. The Hall–Kier alpha value is -1.60. The first kappa shape index (κ1) is 21.7. The lowest BCUT2D eigenvalue weighted by molar-refractivity contribution is 0.0946. The standard InChI is InChI=1S/C20H33N3O3S/c1-15-12-16(2)14-23(13-15)11-7-10-21-20(24)18-8-6-9-19(17(18)3)22(4)27(5,25)26/h6,8-9,15-16H,7,10-14H2,1-5H3,(H,21,24)/t15-,16-/m0/s1. The number of benzene rings is 1. The summed E-state index contributed by atoms with van der Waals surface area (Å²) in [7, 11) is -1.87. The fraction of sp³-hybridized carbons (Fsp3) is 0.650. The molecule has 1 saturated heterocycles. The minimum Gasteiger partial charge on any atom is -0.352 e. The van der Waals surface area contributed by atoms with Crippen LogP contribution in [-0.4, -0.2) is 58.7 Å². The van der Waals surface area contributed by atoms with E-state index in [0.29, 0.717) is 23.4 Å². The zero-order valence-electron chi connectivity index (χ0n) is 17.2. The normalized spacial score (nSPS) is 21.1. The summed E-state index contributed by atoms with van der Waals surface area (Å²) in [5.41, 5.74) is 1.71. The van der Waals surface area contributed by atoms with E-state index in [9.17, 15) is 13.2 Å². The Kier molecular flexibility index (Phi) is 7.28. The second-order valence-corrected chi connectivity index (χ2v) is 10.0. The summed E-state index contributed by atoms with van der Waals surface area (Å²) in [4.78, 5) is 15.0. The molecule has 1 N–H and O–H groups in total. The van der Waals surface area contributed by atoms with Crippen LogP contribution in [0.1, 0.15) is 42.6 Å². The van der Waals surface area contributed by atoms with Crippen LogP contribution in [0.15, 0.2) is 18.2 Å². The van der Waals surface area contributed by atoms with Gasteiger partial charge >= 0.3 is 0 Å². The van der Waals surface area contributed by atoms with Crippen molar-refractivity contribution in [3.8, 4) is 0 Å². The summed E-state index contributed by atoms with van der Waals surface area (Å²) in [5.74, 6) is 1.32. The third kappa shape index (κ3) is 5.94. The Morgan fingerprint density at radius 2 is 1.89 bits per heavy atom. The largest absolute Gasteiger partial charge is 0.352 e. The summed E-state index contributed by atoms with van der Waals surface area (Å²) in [6.45, 7) is 10.3. The minimum absolute atomic E-state index is 0.156. The van der Waals surface area contributed by atoms with Gasteiger partial charge in [-0.15, -0.1) is 0 Å². The quantitative estimate of drug-likeness (QED) is 0.720. The van der Waals surface area contributed by atoms with Crippen LogP contribution in [-0.2, 0) is 10.0 Å². The number of sulfonamides is 1. The van der Waals surface area contributed by atoms with E-state index in [1.165, 1.54) is 17.8 Å². The number of hydrogen-bond donors (Lipinski definition) is 1. The molecule has 0 saturated carbocycles. The van der Waals surface area contributed by atoms with Crippen LogP contribution >= 0.6 is 0 Å². The minimum atomic E-state index is -3.37. The number of nitrogens with zero attached hydrogens (tertiary/aromatic N) is 2. The Morgan fingerprint density at radius 3 is 2.48 bits per heavy atom. The number of nitrogens with one attached hydrogen (secondary N) is 1. The van der Waals surface area contributed by atoms with Gasteiger partial charge in [-0.05, 0) is 55.8 Å². The van der Waals surface area contributed by atoms with E-state index in [1.54, 1.807) is 25.1 Å². The maximum Gasteiger partial charge on any atom is 0.251 e. The van der Waals surface area contributed by atoms with Crippen molar-refractivity contribution >= 4 is 21.6 Å². The second kappa shape index (κ2) is 9.06. The van der Waals surface area contributed by atoms with Gasteiger partial charge in [0.25, 0.3) is 5.91 Å². The Bertz CT molecular complexity index is 754. The Balaban J connectivity index is 1.91. The van der Waals surface area contributed by atoms with E-state index in [0.717, 1.165) is 44.1 Å².